The summed E-state index contributed by atoms with van der Waals surface area (Å²) in [4.78, 5) is 51.7. The molecule has 10 heteroatoms. The minimum atomic E-state index is -1.01. The van der Waals surface area contributed by atoms with Crippen molar-refractivity contribution in [1.82, 2.24) is 4.57 Å². The van der Waals surface area contributed by atoms with Gasteiger partial charge in [0, 0.05) is 6.54 Å². The van der Waals surface area contributed by atoms with Crippen LogP contribution in [0.3, 0.4) is 0 Å². The van der Waals surface area contributed by atoms with E-state index in [4.69, 9.17) is 18.9 Å². The monoisotopic (exact) mass is 463 g/mol. The molecule has 1 heterocycles. The number of benzene rings is 1. The van der Waals surface area contributed by atoms with Crippen molar-refractivity contribution in [3.8, 4) is 0 Å². The number of esters is 4. The molecule has 1 aromatic carbocycles. The fraction of sp³-hybridized carbons (Fsp3) is 0.391. The van der Waals surface area contributed by atoms with Gasteiger partial charge in [-0.1, -0.05) is 12.1 Å². The van der Waals surface area contributed by atoms with Gasteiger partial charge >= 0.3 is 23.9 Å². The third-order valence-electron chi connectivity index (χ3n) is 4.41. The highest BCUT2D eigenvalue weighted by atomic mass is 19.1. The van der Waals surface area contributed by atoms with Gasteiger partial charge in [0.1, 0.15) is 28.3 Å². The summed E-state index contributed by atoms with van der Waals surface area (Å²) in [5.41, 5.74) is -1.18. The molecule has 0 radical (unpaired) electrons. The van der Waals surface area contributed by atoms with Crippen LogP contribution in [0.4, 0.5) is 4.39 Å². The van der Waals surface area contributed by atoms with Crippen molar-refractivity contribution in [2.24, 2.45) is 0 Å². The summed E-state index contributed by atoms with van der Waals surface area (Å²) in [5, 5.41) is 0. The second kappa shape index (κ2) is 11.8. The van der Waals surface area contributed by atoms with Crippen LogP contribution in [-0.4, -0.2) is 54.9 Å². The summed E-state index contributed by atoms with van der Waals surface area (Å²) in [6.07, 6.45) is 0. The van der Waals surface area contributed by atoms with Crippen molar-refractivity contribution in [2.75, 3.05) is 26.4 Å². The van der Waals surface area contributed by atoms with Crippen LogP contribution in [0.5, 0.6) is 0 Å². The number of halogens is 1. The molecule has 0 fully saturated rings. The van der Waals surface area contributed by atoms with Crippen LogP contribution in [-0.2, 0) is 25.5 Å². The Morgan fingerprint density at radius 1 is 0.667 bits per heavy atom. The van der Waals surface area contributed by atoms with Gasteiger partial charge in [-0.15, -0.1) is 0 Å². The number of aromatic nitrogens is 1. The Kier molecular flexibility index (Phi) is 9.14. The van der Waals surface area contributed by atoms with Crippen molar-refractivity contribution in [1.29, 1.82) is 0 Å². The number of rotatable bonds is 10. The second-order valence-electron chi connectivity index (χ2n) is 6.54. The molecular formula is C23H26FNO8. The molecule has 0 saturated carbocycles. The molecule has 0 atom stereocenters. The lowest BCUT2D eigenvalue weighted by molar-refractivity contribution is 0.0453. The molecule has 33 heavy (non-hydrogen) atoms. The van der Waals surface area contributed by atoms with E-state index in [1.54, 1.807) is 27.7 Å². The predicted octanol–water partition coefficient (Wildman–Crippen LogP) is 3.38. The topological polar surface area (TPSA) is 110 Å². The first-order chi connectivity index (χ1) is 15.8. The predicted molar refractivity (Wildman–Crippen MR) is 114 cm³/mol. The van der Waals surface area contributed by atoms with Gasteiger partial charge in [0.15, 0.2) is 0 Å². The molecule has 1 aromatic heterocycles. The van der Waals surface area contributed by atoms with E-state index in [1.807, 2.05) is 0 Å². The van der Waals surface area contributed by atoms with Gasteiger partial charge in [-0.25, -0.2) is 23.6 Å². The van der Waals surface area contributed by atoms with Crippen molar-refractivity contribution < 1.29 is 42.5 Å². The standard InChI is InChI=1S/C23H26FNO8/c1-5-30-20(26)16-17(21(27)31-6-2)19(23(29)33-8-4)25(18(16)22(28)32-7-3)13-14-9-11-15(24)12-10-14/h9-12H,5-8,13H2,1-4H3. The van der Waals surface area contributed by atoms with Gasteiger partial charge in [0.25, 0.3) is 0 Å². The lowest BCUT2D eigenvalue weighted by Crippen LogP contribution is -2.20. The molecule has 0 N–H and O–H groups in total. The first-order valence-electron chi connectivity index (χ1n) is 10.5. The Morgan fingerprint density at radius 3 is 1.39 bits per heavy atom. The van der Waals surface area contributed by atoms with Gasteiger partial charge in [-0.05, 0) is 45.4 Å². The Morgan fingerprint density at radius 2 is 1.03 bits per heavy atom. The van der Waals surface area contributed by atoms with Crippen LogP contribution in [0.2, 0.25) is 0 Å². The largest absolute Gasteiger partial charge is 0.462 e. The van der Waals surface area contributed by atoms with Crippen molar-refractivity contribution >= 4 is 23.9 Å². The van der Waals surface area contributed by atoms with Gasteiger partial charge in [-0.2, -0.15) is 0 Å². The smallest absolute Gasteiger partial charge is 0.355 e. The van der Waals surface area contributed by atoms with Crippen LogP contribution in [0, 0.1) is 5.82 Å². The molecule has 0 aliphatic heterocycles. The maximum atomic E-state index is 13.4. The summed E-state index contributed by atoms with van der Waals surface area (Å²) in [5.74, 6) is -4.41. The molecule has 178 valence electrons. The number of carbonyl (C=O) groups excluding carboxylic acids is 4. The molecule has 0 amide bonds. The summed E-state index contributed by atoms with van der Waals surface area (Å²) in [6, 6.07) is 5.28. The molecule has 0 spiro atoms. The molecule has 0 saturated heterocycles. The van der Waals surface area contributed by atoms with E-state index in [1.165, 1.54) is 24.3 Å². The molecule has 0 aliphatic carbocycles. The zero-order valence-electron chi connectivity index (χ0n) is 18.9. The van der Waals surface area contributed by atoms with Gasteiger partial charge in [-0.3, -0.25) is 0 Å². The van der Waals surface area contributed by atoms with Crippen LogP contribution >= 0.6 is 0 Å². The zero-order chi connectivity index (χ0) is 24.5. The van der Waals surface area contributed by atoms with Gasteiger partial charge in [0.2, 0.25) is 0 Å². The Labute approximate surface area is 190 Å². The minimum absolute atomic E-state index is 0.0354. The summed E-state index contributed by atoms with van der Waals surface area (Å²) >= 11 is 0. The maximum Gasteiger partial charge on any atom is 0.355 e. The van der Waals surface area contributed by atoms with Gasteiger partial charge in [0.05, 0.1) is 26.4 Å². The number of ether oxygens (including phenoxy) is 4. The van der Waals surface area contributed by atoms with Crippen LogP contribution < -0.4 is 0 Å². The van der Waals surface area contributed by atoms with Crippen LogP contribution in [0.25, 0.3) is 0 Å². The normalized spacial score (nSPS) is 10.5. The first-order valence-corrected chi connectivity index (χ1v) is 10.5. The van der Waals surface area contributed by atoms with Crippen molar-refractivity contribution in [2.45, 2.75) is 34.2 Å². The molecule has 9 nitrogen and oxygen atoms in total. The highest BCUT2D eigenvalue weighted by Crippen LogP contribution is 2.29. The average molecular weight is 463 g/mol. The van der Waals surface area contributed by atoms with Crippen LogP contribution in [0.15, 0.2) is 24.3 Å². The molecule has 0 unspecified atom stereocenters. The quantitative estimate of drug-likeness (QED) is 0.390. The maximum absolute atomic E-state index is 13.4. The lowest BCUT2D eigenvalue weighted by atomic mass is 10.1. The lowest BCUT2D eigenvalue weighted by Gasteiger charge is -2.13. The van der Waals surface area contributed by atoms with E-state index in [2.05, 4.69) is 0 Å². The van der Waals surface area contributed by atoms with Crippen LogP contribution in [0.1, 0.15) is 75.0 Å². The summed E-state index contributed by atoms with van der Waals surface area (Å²) in [7, 11) is 0. The van der Waals surface area contributed by atoms with E-state index in [0.717, 1.165) is 4.57 Å². The number of hydrogen-bond acceptors (Lipinski definition) is 8. The van der Waals surface area contributed by atoms with E-state index in [0.29, 0.717) is 5.56 Å². The molecular weight excluding hydrogens is 437 g/mol. The zero-order valence-corrected chi connectivity index (χ0v) is 18.9. The van der Waals surface area contributed by atoms with E-state index in [-0.39, 0.29) is 44.4 Å². The number of carbonyl (C=O) groups is 4. The first kappa shape index (κ1) is 25.6. The van der Waals surface area contributed by atoms with E-state index < -0.39 is 40.8 Å². The van der Waals surface area contributed by atoms with Crippen molar-refractivity contribution in [3.05, 3.63) is 58.2 Å². The average Bonchev–Trinajstić information content (AvgIpc) is 3.11. The molecule has 2 aromatic rings. The highest BCUT2D eigenvalue weighted by molar-refractivity contribution is 6.15. The molecule has 0 bridgehead atoms. The fourth-order valence-electron chi connectivity index (χ4n) is 3.18. The third kappa shape index (κ3) is 5.76. The number of nitrogens with zero attached hydrogens (tertiary/aromatic N) is 1. The fourth-order valence-corrected chi connectivity index (χ4v) is 3.18. The second-order valence-corrected chi connectivity index (χ2v) is 6.54. The Bertz CT molecular complexity index is 969. The van der Waals surface area contributed by atoms with Gasteiger partial charge < -0.3 is 23.5 Å². The minimum Gasteiger partial charge on any atom is -0.462 e. The SMILES string of the molecule is CCOC(=O)c1c(C(=O)OCC)c(C(=O)OCC)n(Cc2ccc(F)cc2)c1C(=O)OCC. The number of hydrogen-bond donors (Lipinski definition) is 0. The Hall–Kier alpha value is -3.69. The highest BCUT2D eigenvalue weighted by Gasteiger charge is 2.39. The molecule has 2 rings (SSSR count). The third-order valence-corrected chi connectivity index (χ3v) is 4.41. The van der Waals surface area contributed by atoms with E-state index in [9.17, 15) is 23.6 Å². The van der Waals surface area contributed by atoms with E-state index >= 15 is 0 Å². The summed E-state index contributed by atoms with van der Waals surface area (Å²) in [6.45, 7) is 5.87. The summed E-state index contributed by atoms with van der Waals surface area (Å²) < 4.78 is 34.9. The Balaban J connectivity index is 2.93. The van der Waals surface area contributed by atoms with Crippen molar-refractivity contribution in [3.63, 3.8) is 0 Å². The molecule has 0 aliphatic rings.